The van der Waals surface area contributed by atoms with Crippen molar-refractivity contribution in [1.82, 2.24) is 0 Å². The molecule has 0 aliphatic heterocycles. The molecule has 1 radical (unpaired) electrons. The molecule has 3 heteroatoms. The number of aromatic hydroxyl groups is 1. The predicted octanol–water partition coefficient (Wildman–Crippen LogP) is 3.45. The maximum absolute atomic E-state index is 9.78. The molecular weight excluding hydrogens is 262 g/mol. The van der Waals surface area contributed by atoms with Crippen LogP contribution in [0, 0.1) is 6.92 Å². The number of benzene rings is 2. The first kappa shape index (κ1) is 13.5. The molecule has 0 aromatic heterocycles. The summed E-state index contributed by atoms with van der Waals surface area (Å²) in [5.41, 5.74) is 2.48. The van der Waals surface area contributed by atoms with Gasteiger partial charge in [0, 0.05) is 28.8 Å². The number of aliphatic imine (C=N–C) groups is 1. The van der Waals surface area contributed by atoms with Gasteiger partial charge in [-0.2, -0.15) is 0 Å². The molecule has 0 aliphatic rings. The van der Waals surface area contributed by atoms with E-state index in [4.69, 9.17) is 0 Å². The van der Waals surface area contributed by atoms with E-state index in [0.29, 0.717) is 5.75 Å². The van der Waals surface area contributed by atoms with Crippen molar-refractivity contribution in [3.05, 3.63) is 59.7 Å². The van der Waals surface area contributed by atoms with E-state index in [0.717, 1.165) is 16.8 Å². The molecule has 1 N–H and O–H groups in total. The van der Waals surface area contributed by atoms with E-state index < -0.39 is 0 Å². The molecule has 91 valence electrons. The summed E-state index contributed by atoms with van der Waals surface area (Å²) in [7, 11) is 0. The van der Waals surface area contributed by atoms with Gasteiger partial charge >= 0.3 is 0 Å². The van der Waals surface area contributed by atoms with Gasteiger partial charge in [0.05, 0.1) is 5.69 Å². The largest absolute Gasteiger partial charge is 0.507 e. The smallest absolute Gasteiger partial charge is 0.127 e. The minimum Gasteiger partial charge on any atom is -0.507 e. The first-order valence-electron chi connectivity index (χ1n) is 5.15. The number of aryl methyl sites for hydroxylation is 1. The van der Waals surface area contributed by atoms with Gasteiger partial charge in [-0.1, -0.05) is 30.3 Å². The first-order chi connectivity index (χ1) is 7.77. The maximum Gasteiger partial charge on any atom is 0.127 e. The first-order valence-corrected chi connectivity index (χ1v) is 5.15. The van der Waals surface area contributed by atoms with Crippen molar-refractivity contribution in [3.63, 3.8) is 0 Å². The fourth-order valence-electron chi connectivity index (χ4n) is 1.44. The normalized spacial score (nSPS) is 10.2. The van der Waals surface area contributed by atoms with E-state index in [2.05, 4.69) is 4.99 Å². The standard InChI is InChI=1S/C14H13NO.Cu/c1-11-6-5-7-12(14(11)16)10-15-13-8-3-2-4-9-13;/h2-10,16H,1H3;. The fourth-order valence-corrected chi connectivity index (χ4v) is 1.44. The number of rotatable bonds is 2. The molecule has 17 heavy (non-hydrogen) atoms. The molecule has 0 saturated heterocycles. The summed E-state index contributed by atoms with van der Waals surface area (Å²) in [6, 6.07) is 15.3. The van der Waals surface area contributed by atoms with E-state index in [1.807, 2.05) is 55.5 Å². The summed E-state index contributed by atoms with van der Waals surface area (Å²) in [5, 5.41) is 9.78. The van der Waals surface area contributed by atoms with Crippen LogP contribution >= 0.6 is 0 Å². The second-order valence-electron chi connectivity index (χ2n) is 3.61. The van der Waals surface area contributed by atoms with Crippen molar-refractivity contribution in [2.24, 2.45) is 4.99 Å². The van der Waals surface area contributed by atoms with E-state index in [1.165, 1.54) is 0 Å². The molecule has 0 bridgehead atoms. The molecule has 0 fully saturated rings. The van der Waals surface area contributed by atoms with Crippen LogP contribution in [-0.4, -0.2) is 11.3 Å². The van der Waals surface area contributed by atoms with Crippen LogP contribution in [0.3, 0.4) is 0 Å². The Morgan fingerprint density at radius 1 is 1.00 bits per heavy atom. The van der Waals surface area contributed by atoms with Crippen molar-refractivity contribution in [1.29, 1.82) is 0 Å². The van der Waals surface area contributed by atoms with Crippen molar-refractivity contribution < 1.29 is 22.2 Å². The van der Waals surface area contributed by atoms with Crippen LogP contribution in [-0.2, 0) is 17.1 Å². The third-order valence-electron chi connectivity index (χ3n) is 2.38. The maximum atomic E-state index is 9.78. The molecule has 0 saturated carbocycles. The van der Waals surface area contributed by atoms with Crippen molar-refractivity contribution >= 4 is 11.9 Å². The molecule has 2 aromatic carbocycles. The van der Waals surface area contributed by atoms with E-state index in [9.17, 15) is 5.11 Å². The minimum absolute atomic E-state index is 0. The van der Waals surface area contributed by atoms with Gasteiger partial charge in [-0.25, -0.2) is 0 Å². The van der Waals surface area contributed by atoms with Crippen LogP contribution < -0.4 is 0 Å². The predicted molar refractivity (Wildman–Crippen MR) is 66.5 cm³/mol. The van der Waals surface area contributed by atoms with Gasteiger partial charge in [0.2, 0.25) is 0 Å². The molecule has 2 nitrogen and oxygen atoms in total. The zero-order chi connectivity index (χ0) is 11.4. The summed E-state index contributed by atoms with van der Waals surface area (Å²) in [5.74, 6) is 0.294. The summed E-state index contributed by atoms with van der Waals surface area (Å²) < 4.78 is 0. The van der Waals surface area contributed by atoms with Crippen molar-refractivity contribution in [2.75, 3.05) is 0 Å². The zero-order valence-corrected chi connectivity index (χ0v) is 10.3. The summed E-state index contributed by atoms with van der Waals surface area (Å²) in [6.07, 6.45) is 1.68. The topological polar surface area (TPSA) is 32.6 Å². The van der Waals surface area contributed by atoms with Gasteiger partial charge in [-0.3, -0.25) is 4.99 Å². The molecule has 0 amide bonds. The minimum atomic E-state index is 0. The second kappa shape index (κ2) is 6.24. The third-order valence-corrected chi connectivity index (χ3v) is 2.38. The van der Waals surface area contributed by atoms with Gasteiger partial charge < -0.3 is 5.11 Å². The summed E-state index contributed by atoms with van der Waals surface area (Å²) in [6.45, 7) is 1.87. The van der Waals surface area contributed by atoms with E-state index >= 15 is 0 Å². The third kappa shape index (κ3) is 3.45. The van der Waals surface area contributed by atoms with Crippen LogP contribution in [0.2, 0.25) is 0 Å². The Balaban J connectivity index is 0.00000144. The zero-order valence-electron chi connectivity index (χ0n) is 9.39. The quantitative estimate of drug-likeness (QED) is 0.660. The van der Waals surface area contributed by atoms with Gasteiger partial charge in [-0.05, 0) is 30.7 Å². The summed E-state index contributed by atoms with van der Waals surface area (Å²) in [4.78, 5) is 4.29. The van der Waals surface area contributed by atoms with E-state index in [-0.39, 0.29) is 17.1 Å². The molecule has 0 heterocycles. The van der Waals surface area contributed by atoms with Gasteiger partial charge in [0.25, 0.3) is 0 Å². The molecule has 0 unspecified atom stereocenters. The Kier molecular flexibility index (Phi) is 4.95. The Morgan fingerprint density at radius 2 is 1.71 bits per heavy atom. The number of para-hydroxylation sites is 2. The molecule has 0 spiro atoms. The van der Waals surface area contributed by atoms with Crippen molar-refractivity contribution in [3.8, 4) is 5.75 Å². The number of phenols is 1. The fraction of sp³-hybridized carbons (Fsp3) is 0.0714. The Hall–Kier alpha value is -1.57. The number of hydrogen-bond acceptors (Lipinski definition) is 2. The Morgan fingerprint density at radius 3 is 2.41 bits per heavy atom. The molecule has 0 atom stereocenters. The molecule has 2 aromatic rings. The van der Waals surface area contributed by atoms with Gasteiger partial charge in [-0.15, -0.1) is 0 Å². The number of hydrogen-bond donors (Lipinski definition) is 1. The average molecular weight is 275 g/mol. The van der Waals surface area contributed by atoms with Crippen molar-refractivity contribution in [2.45, 2.75) is 6.92 Å². The van der Waals surface area contributed by atoms with Crippen LogP contribution in [0.25, 0.3) is 0 Å². The van der Waals surface area contributed by atoms with Crippen LogP contribution in [0.5, 0.6) is 5.75 Å². The van der Waals surface area contributed by atoms with Crippen LogP contribution in [0.4, 0.5) is 5.69 Å². The van der Waals surface area contributed by atoms with Gasteiger partial charge in [0.1, 0.15) is 5.75 Å². The molecule has 2 rings (SSSR count). The Bertz CT molecular complexity index is 509. The molecular formula is C14H13CuNO. The summed E-state index contributed by atoms with van der Waals surface area (Å²) >= 11 is 0. The SMILES string of the molecule is Cc1cccc(C=Nc2ccccc2)c1O.[Cu]. The second-order valence-corrected chi connectivity index (χ2v) is 3.61. The number of phenolic OH excluding ortho intramolecular Hbond substituents is 1. The van der Waals surface area contributed by atoms with Gasteiger partial charge in [0.15, 0.2) is 0 Å². The van der Waals surface area contributed by atoms with Crippen LogP contribution in [0.15, 0.2) is 53.5 Å². The molecule has 0 aliphatic carbocycles. The Labute approximate surface area is 112 Å². The van der Waals surface area contributed by atoms with Crippen LogP contribution in [0.1, 0.15) is 11.1 Å². The van der Waals surface area contributed by atoms with E-state index in [1.54, 1.807) is 6.21 Å². The average Bonchev–Trinajstić information content (AvgIpc) is 2.32. The number of nitrogens with zero attached hydrogens (tertiary/aromatic N) is 1. The monoisotopic (exact) mass is 274 g/mol.